The fraction of sp³-hybridized carbons (Fsp3) is 0.678. The van der Waals surface area contributed by atoms with Gasteiger partial charge in [0.1, 0.15) is 24.1 Å². The van der Waals surface area contributed by atoms with E-state index >= 15 is 0 Å². The molecule has 488 valence electrons. The van der Waals surface area contributed by atoms with Crippen LogP contribution >= 0.6 is 7.82 Å². The molecule has 7 aliphatic heterocycles. The first-order valence-electron chi connectivity index (χ1n) is 30.2. The fourth-order valence-corrected chi connectivity index (χ4v) is 17.2. The monoisotopic (exact) mass is 1250 g/mol. The number of rotatable bonds is 25. The van der Waals surface area contributed by atoms with Crippen molar-refractivity contribution in [3.63, 3.8) is 0 Å². The number of aliphatic hydroxyl groups is 2. The van der Waals surface area contributed by atoms with Gasteiger partial charge in [0.05, 0.1) is 42.8 Å². The quantitative estimate of drug-likeness (QED) is 0.0455. The number of phenolic OH excluding ortho intramolecular Hbond substituents is 1. The van der Waals surface area contributed by atoms with Crippen LogP contribution in [0.1, 0.15) is 126 Å². The topological polar surface area (TPSA) is 477 Å². The molecular weight excluding hydrogens is 1160 g/mol. The zero-order valence-electron chi connectivity index (χ0n) is 51.4. The first-order valence-corrected chi connectivity index (χ1v) is 31.7. The summed E-state index contributed by atoms with van der Waals surface area (Å²) in [6.45, 7) is 14.3. The average molecular weight is 1250 g/mol. The minimum Gasteiger partial charge on any atom is -0.508 e. The van der Waals surface area contributed by atoms with Gasteiger partial charge in [-0.2, -0.15) is 0 Å². The molecule has 1 aromatic rings. The summed E-state index contributed by atoms with van der Waals surface area (Å²) in [5.41, 5.74) is 37.0. The summed E-state index contributed by atoms with van der Waals surface area (Å²) in [6, 6.07) is 1.57. The maximum Gasteiger partial charge on any atom is 0.472 e. The van der Waals surface area contributed by atoms with Gasteiger partial charge in [-0.1, -0.05) is 34.6 Å². The van der Waals surface area contributed by atoms with Crippen LogP contribution in [0.25, 0.3) is 0 Å². The highest BCUT2D eigenvalue weighted by atomic mass is 31.2. The molecule has 5 saturated heterocycles. The number of nitrogens with zero attached hydrogens (tertiary/aromatic N) is 1. The maximum absolute atomic E-state index is 14.2. The van der Waals surface area contributed by atoms with Gasteiger partial charge in [0, 0.05) is 121 Å². The van der Waals surface area contributed by atoms with Gasteiger partial charge in [-0.25, -0.2) is 4.57 Å². The highest BCUT2D eigenvalue weighted by Gasteiger charge is 2.60. The van der Waals surface area contributed by atoms with Crippen LogP contribution in [0.15, 0.2) is 52.5 Å². The molecule has 7 aliphatic rings. The molecule has 7 amide bonds. The number of nitrogens with one attached hydrogen (secondary N) is 6. The summed E-state index contributed by atoms with van der Waals surface area (Å²) in [5, 5.41) is 52.9. The van der Waals surface area contributed by atoms with Crippen molar-refractivity contribution in [2.45, 2.75) is 187 Å². The van der Waals surface area contributed by atoms with Gasteiger partial charge in [-0.3, -0.25) is 42.6 Å². The summed E-state index contributed by atoms with van der Waals surface area (Å²) in [6.07, 6.45) is -4.66. The number of ether oxygens (including phenoxy) is 1. The van der Waals surface area contributed by atoms with E-state index in [1.165, 1.54) is 19.1 Å². The van der Waals surface area contributed by atoms with Crippen LogP contribution in [0.3, 0.4) is 0 Å². The van der Waals surface area contributed by atoms with Gasteiger partial charge in [-0.05, 0) is 92.6 Å². The first-order chi connectivity index (χ1) is 41.0. The number of phosphoric acid groups is 1. The van der Waals surface area contributed by atoms with Crippen LogP contribution in [0.2, 0.25) is 0 Å². The Hall–Kier alpha value is -6.52. The fourth-order valence-electron chi connectivity index (χ4n) is 16.0. The molecule has 88 heavy (non-hydrogen) atoms. The van der Waals surface area contributed by atoms with Crippen molar-refractivity contribution in [1.29, 1.82) is 0 Å². The molecule has 1 aromatic carbocycles. The molecule has 18 atom stereocenters. The molecule has 22 N–H and O–H groups in total. The van der Waals surface area contributed by atoms with Crippen molar-refractivity contribution in [1.82, 2.24) is 26.6 Å². The lowest BCUT2D eigenvalue weighted by Crippen LogP contribution is -2.46. The molecule has 7 heterocycles. The predicted molar refractivity (Wildman–Crippen MR) is 322 cm³/mol. The number of aromatic hydroxyl groups is 1. The van der Waals surface area contributed by atoms with E-state index in [2.05, 4.69) is 45.7 Å². The van der Waals surface area contributed by atoms with Crippen LogP contribution in [-0.2, 0) is 51.9 Å². The van der Waals surface area contributed by atoms with E-state index < -0.39 is 156 Å². The van der Waals surface area contributed by atoms with E-state index in [0.29, 0.717) is 34.8 Å². The molecule has 5 fully saturated rings. The Morgan fingerprint density at radius 1 is 0.795 bits per heavy atom. The number of nitrogens with two attached hydrogens (primary N) is 6. The molecule has 29 heteroatoms. The SMILES string of the molecule is C/C1=C2/NC(CC3NC(/C(C)=C4\NC(/C=C5\NC1C(C)(CC(N)=O)C5CC(N)=O)C(C)(C)C4CCC(N)=O)C(C)(CCC(=O)NCC(C)OP(=O)(O)O[C@H]1[C@@H](O)[C@@H](N4CNc5ccc(O)cc54)O[C@@H]1CO)C3CC(N)=O)C(C)(CC(N)=O)C2CCC(N)=O. The van der Waals surface area contributed by atoms with E-state index in [-0.39, 0.29) is 89.1 Å². The minimum absolute atomic E-state index is 0.0224. The zero-order chi connectivity index (χ0) is 64.9. The van der Waals surface area contributed by atoms with Crippen LogP contribution in [-0.4, -0.2) is 142 Å². The largest absolute Gasteiger partial charge is 0.508 e. The van der Waals surface area contributed by atoms with Crippen molar-refractivity contribution >= 4 is 60.5 Å². The Morgan fingerprint density at radius 3 is 2.02 bits per heavy atom. The number of amides is 7. The second-order valence-corrected chi connectivity index (χ2v) is 28.3. The van der Waals surface area contributed by atoms with Gasteiger partial charge in [0.2, 0.25) is 41.4 Å². The van der Waals surface area contributed by atoms with Crippen molar-refractivity contribution in [2.75, 3.05) is 30.0 Å². The van der Waals surface area contributed by atoms with Crippen molar-refractivity contribution in [3.8, 4) is 5.75 Å². The maximum atomic E-state index is 14.2. The summed E-state index contributed by atoms with van der Waals surface area (Å²) < 4.78 is 30.5. The molecule has 14 unspecified atom stereocenters. The average Bonchev–Trinajstić information content (AvgIpc) is 1.64. The van der Waals surface area contributed by atoms with E-state index in [4.69, 9.17) is 48.2 Å². The first kappa shape index (κ1) is 67.4. The van der Waals surface area contributed by atoms with Gasteiger partial charge < -0.3 is 96.2 Å². The number of carbonyl (C=O) groups excluding carboxylic acids is 7. The molecule has 8 bridgehead atoms. The highest BCUT2D eigenvalue weighted by molar-refractivity contribution is 7.47. The van der Waals surface area contributed by atoms with Crippen LogP contribution in [0.5, 0.6) is 5.75 Å². The van der Waals surface area contributed by atoms with E-state index in [1.54, 1.807) is 11.0 Å². The standard InChI is InChI=1S/C59H92N13O15P/c1-27(86-88(83,84)87-52-39(25-73)85-55(51(52)82)72-26-67-35-12-9-30(74)17-38(35)72)24-66-48(81)15-16-57(6)33(18-44(62)77)37-21-41-58(7,22-46(64)79)32(11-14-43(61)76)50(71-41)29(3)54-59(8,23-47(65)80)34(19-45(63)78)36(69-54)20-40-56(4,5)31(10-13-42(60)75)49(70-40)28(2)53(57)68-37/h9,12,17,20,27,31-34,37,39-41,51-55,67-71,73-74,82H,10-11,13-16,18-19,21-26H2,1-8H3,(H2,60,75)(H2,61,76)(H2,62,77)(H2,63,78)(H2,64,79)(H2,65,80)(H,66,81)(H,83,84)/b36-20-,49-28-,50-29-/t27?,31?,32?,33?,34?,37?,39-,40?,41?,51-,52-,53?,54?,55+,57?,58?,59?/m1/s1. The Kier molecular flexibility index (Phi) is 19.7. The van der Waals surface area contributed by atoms with Crippen LogP contribution in [0.4, 0.5) is 11.4 Å². The number of primary amides is 6. The summed E-state index contributed by atoms with van der Waals surface area (Å²) in [4.78, 5) is 106. The van der Waals surface area contributed by atoms with E-state index in [1.807, 2.05) is 40.7 Å². The Bertz CT molecular complexity index is 3070. The molecule has 0 aliphatic carbocycles. The molecule has 0 aromatic heterocycles. The van der Waals surface area contributed by atoms with Crippen molar-refractivity contribution in [3.05, 3.63) is 52.5 Å². The number of anilines is 2. The van der Waals surface area contributed by atoms with Gasteiger partial charge in [-0.15, -0.1) is 0 Å². The number of phosphoric ester groups is 1. The lowest BCUT2D eigenvalue weighted by molar-refractivity contribution is -0.123. The molecule has 0 radical (unpaired) electrons. The number of benzene rings is 1. The minimum atomic E-state index is -5.05. The van der Waals surface area contributed by atoms with E-state index in [0.717, 1.165) is 11.3 Å². The predicted octanol–water partition coefficient (Wildman–Crippen LogP) is 0.0807. The third-order valence-electron chi connectivity index (χ3n) is 20.6. The summed E-state index contributed by atoms with van der Waals surface area (Å²) >= 11 is 0. The number of phenols is 1. The normalized spacial score (nSPS) is 37.0. The highest BCUT2D eigenvalue weighted by Crippen LogP contribution is 2.58. The molecule has 0 spiro atoms. The Morgan fingerprint density at radius 2 is 1.41 bits per heavy atom. The number of hydrogen-bond donors (Lipinski definition) is 16. The molecule has 0 saturated carbocycles. The molecule has 8 rings (SSSR count). The summed E-state index contributed by atoms with van der Waals surface area (Å²) in [7, 11) is -5.05. The third-order valence-corrected chi connectivity index (χ3v) is 21.7. The van der Waals surface area contributed by atoms with Gasteiger partial charge in [0.15, 0.2) is 6.23 Å². The molecular formula is C59H92N13O15P. The van der Waals surface area contributed by atoms with Crippen LogP contribution in [0, 0.1) is 45.3 Å². The number of fused-ring (bicyclic) bond motifs is 9. The number of aliphatic hydroxyl groups excluding tert-OH is 2. The number of allylic oxidation sites excluding steroid dienone is 3. The van der Waals surface area contributed by atoms with Crippen molar-refractivity contribution < 1.29 is 72.1 Å². The zero-order valence-corrected chi connectivity index (χ0v) is 52.3. The number of hydrogen-bond acceptors (Lipinski definition) is 20. The lowest BCUT2D eigenvalue weighted by Gasteiger charge is -2.39. The van der Waals surface area contributed by atoms with Crippen LogP contribution < -0.4 is 71.2 Å². The van der Waals surface area contributed by atoms with E-state index in [9.17, 15) is 58.3 Å². The lowest BCUT2D eigenvalue weighted by atomic mass is 9.63. The van der Waals surface area contributed by atoms with Crippen molar-refractivity contribution in [2.24, 2.45) is 79.7 Å². The Labute approximate surface area is 512 Å². The van der Waals surface area contributed by atoms with Gasteiger partial charge in [0.25, 0.3) is 0 Å². The third kappa shape index (κ3) is 13.5. The smallest absolute Gasteiger partial charge is 0.472 e. The second-order valence-electron chi connectivity index (χ2n) is 26.9. The summed E-state index contributed by atoms with van der Waals surface area (Å²) in [5.74, 6) is -6.32. The second kappa shape index (κ2) is 25.8. The molecule has 28 nitrogen and oxygen atoms in total. The van der Waals surface area contributed by atoms with Gasteiger partial charge >= 0.3 is 7.82 Å². The Balaban J connectivity index is 1.14. The number of carbonyl (C=O) groups is 7.